The summed E-state index contributed by atoms with van der Waals surface area (Å²) in [6.07, 6.45) is 3.02. The van der Waals surface area contributed by atoms with Crippen molar-refractivity contribution in [3.05, 3.63) is 82.3 Å². The van der Waals surface area contributed by atoms with Gasteiger partial charge in [-0.3, -0.25) is 9.59 Å². The Morgan fingerprint density at radius 3 is 2.63 bits per heavy atom. The quantitative estimate of drug-likeness (QED) is 0.260. The fourth-order valence-electron chi connectivity index (χ4n) is 5.00. The number of aryl methyl sites for hydroxylation is 1. The Kier molecular flexibility index (Phi) is 5.93. The first kappa shape index (κ1) is 25.5. The SMILES string of the molecule is Cc1nc(-c2c(Cl)c3ccccc3n2-c2ccc(CNC(=O)C3(NC(=O)c4cc(C5CC5)on4)CC3)c(F)c2)no1. The molecule has 2 aliphatic carbocycles. The first-order chi connectivity index (χ1) is 19.8. The summed E-state index contributed by atoms with van der Waals surface area (Å²) in [6, 6.07) is 13.8. The van der Waals surface area contributed by atoms with Crippen molar-refractivity contribution in [3.8, 4) is 17.2 Å². The highest BCUT2D eigenvalue weighted by atomic mass is 35.5. The molecule has 0 unspecified atom stereocenters. The van der Waals surface area contributed by atoms with E-state index in [2.05, 4.69) is 25.9 Å². The third kappa shape index (κ3) is 4.55. The zero-order chi connectivity index (χ0) is 28.3. The van der Waals surface area contributed by atoms with Gasteiger partial charge in [-0.1, -0.05) is 46.2 Å². The number of aromatic nitrogens is 4. The normalized spacial score (nSPS) is 15.7. The number of hydrogen-bond donors (Lipinski definition) is 2. The molecule has 3 aromatic heterocycles. The Labute approximate surface area is 237 Å². The van der Waals surface area contributed by atoms with Crippen molar-refractivity contribution < 1.29 is 23.0 Å². The molecule has 0 spiro atoms. The molecule has 208 valence electrons. The molecule has 2 saturated carbocycles. The van der Waals surface area contributed by atoms with Crippen LogP contribution in [0.15, 0.2) is 57.6 Å². The lowest BCUT2D eigenvalue weighted by Crippen LogP contribution is -2.48. The number of benzene rings is 2. The van der Waals surface area contributed by atoms with Crippen molar-refractivity contribution in [3.63, 3.8) is 0 Å². The third-order valence-corrected chi connectivity index (χ3v) is 7.95. The minimum Gasteiger partial charge on any atom is -0.360 e. The first-order valence-corrected chi connectivity index (χ1v) is 13.7. The van der Waals surface area contributed by atoms with Gasteiger partial charge in [-0.15, -0.1) is 0 Å². The lowest BCUT2D eigenvalue weighted by atomic mass is 10.1. The van der Waals surface area contributed by atoms with Gasteiger partial charge in [0.1, 0.15) is 22.8 Å². The van der Waals surface area contributed by atoms with E-state index in [0.717, 1.165) is 23.7 Å². The molecular formula is C29H24ClFN6O4. The number of carbonyl (C=O) groups is 2. The number of carbonyl (C=O) groups excluding carboxylic acids is 2. The molecule has 7 rings (SSSR count). The molecule has 41 heavy (non-hydrogen) atoms. The van der Waals surface area contributed by atoms with Crippen LogP contribution in [0.25, 0.3) is 28.1 Å². The van der Waals surface area contributed by atoms with Crippen LogP contribution in [0.4, 0.5) is 4.39 Å². The van der Waals surface area contributed by atoms with E-state index < -0.39 is 17.3 Å². The average molecular weight is 575 g/mol. The molecule has 2 N–H and O–H groups in total. The van der Waals surface area contributed by atoms with E-state index in [1.165, 1.54) is 6.07 Å². The van der Waals surface area contributed by atoms with E-state index in [9.17, 15) is 9.59 Å². The number of nitrogens with one attached hydrogen (secondary N) is 2. The molecule has 2 aliphatic rings. The number of amides is 2. The highest BCUT2D eigenvalue weighted by Crippen LogP contribution is 2.41. The average Bonchev–Trinajstić information content (AvgIpc) is 3.84. The Morgan fingerprint density at radius 1 is 1.12 bits per heavy atom. The Bertz CT molecular complexity index is 1830. The van der Waals surface area contributed by atoms with Crippen LogP contribution in [0, 0.1) is 12.7 Å². The molecule has 2 amide bonds. The van der Waals surface area contributed by atoms with Crippen molar-refractivity contribution in [2.45, 2.75) is 50.6 Å². The van der Waals surface area contributed by atoms with Crippen molar-refractivity contribution in [2.24, 2.45) is 0 Å². The number of para-hydroxylation sites is 1. The van der Waals surface area contributed by atoms with Gasteiger partial charge >= 0.3 is 0 Å². The molecule has 0 atom stereocenters. The van der Waals surface area contributed by atoms with Crippen LogP contribution in [0.5, 0.6) is 0 Å². The van der Waals surface area contributed by atoms with Crippen LogP contribution in [-0.4, -0.2) is 37.2 Å². The van der Waals surface area contributed by atoms with Gasteiger partial charge in [0.05, 0.1) is 10.5 Å². The smallest absolute Gasteiger partial charge is 0.274 e. The van der Waals surface area contributed by atoms with Crippen molar-refractivity contribution in [1.29, 1.82) is 0 Å². The summed E-state index contributed by atoms with van der Waals surface area (Å²) in [7, 11) is 0. The fourth-order valence-corrected chi connectivity index (χ4v) is 5.33. The molecule has 0 bridgehead atoms. The predicted octanol–water partition coefficient (Wildman–Crippen LogP) is 5.23. The zero-order valence-electron chi connectivity index (χ0n) is 21.9. The maximum atomic E-state index is 15.4. The van der Waals surface area contributed by atoms with Crippen molar-refractivity contribution in [2.75, 3.05) is 0 Å². The molecule has 12 heteroatoms. The number of halogens is 2. The van der Waals surface area contributed by atoms with Gasteiger partial charge in [-0.25, -0.2) is 4.39 Å². The topological polar surface area (TPSA) is 128 Å². The van der Waals surface area contributed by atoms with Crippen molar-refractivity contribution >= 4 is 34.3 Å². The minimum atomic E-state index is -1.04. The maximum absolute atomic E-state index is 15.4. The standard InChI is InChI=1S/C29H24ClFN6O4/c1-15-33-26(36-40-15)25-24(30)19-4-2-3-5-22(19)37(25)18-9-8-17(20(31)12-18)14-32-28(39)29(10-11-29)34-27(38)21-13-23(41-35-21)16-6-7-16/h2-5,8-9,12-13,16H,6-7,10-11,14H2,1H3,(H,32,39)(H,34,38). The molecule has 0 saturated heterocycles. The molecule has 0 aliphatic heterocycles. The van der Waals surface area contributed by atoms with E-state index in [-0.39, 0.29) is 29.5 Å². The Hall–Kier alpha value is -4.51. The van der Waals surface area contributed by atoms with E-state index in [1.54, 1.807) is 29.7 Å². The first-order valence-electron chi connectivity index (χ1n) is 13.3. The predicted molar refractivity (Wildman–Crippen MR) is 146 cm³/mol. The van der Waals surface area contributed by atoms with E-state index in [1.807, 2.05) is 24.3 Å². The number of fused-ring (bicyclic) bond motifs is 1. The lowest BCUT2D eigenvalue weighted by Gasteiger charge is -2.17. The van der Waals surface area contributed by atoms with Gasteiger partial charge in [-0.2, -0.15) is 4.98 Å². The minimum absolute atomic E-state index is 0.0531. The van der Waals surface area contributed by atoms with E-state index >= 15 is 4.39 Å². The van der Waals surface area contributed by atoms with Crippen LogP contribution in [0.3, 0.4) is 0 Å². The second kappa shape index (κ2) is 9.55. The summed E-state index contributed by atoms with van der Waals surface area (Å²) in [6.45, 7) is 1.62. The van der Waals surface area contributed by atoms with Crippen molar-refractivity contribution in [1.82, 2.24) is 30.5 Å². The Balaban J connectivity index is 1.09. The number of rotatable bonds is 8. The second-order valence-corrected chi connectivity index (χ2v) is 10.9. The van der Waals surface area contributed by atoms with Gasteiger partial charge in [0, 0.05) is 42.1 Å². The summed E-state index contributed by atoms with van der Waals surface area (Å²) in [5.74, 6) is 0.318. The molecule has 0 radical (unpaired) electrons. The molecule has 10 nitrogen and oxygen atoms in total. The number of nitrogens with zero attached hydrogens (tertiary/aromatic N) is 4. The third-order valence-electron chi connectivity index (χ3n) is 7.56. The second-order valence-electron chi connectivity index (χ2n) is 10.5. The largest absolute Gasteiger partial charge is 0.360 e. The maximum Gasteiger partial charge on any atom is 0.274 e. The summed E-state index contributed by atoms with van der Waals surface area (Å²) in [5, 5.41) is 14.6. The highest BCUT2D eigenvalue weighted by molar-refractivity contribution is 6.38. The van der Waals surface area contributed by atoms with Gasteiger partial charge in [-0.05, 0) is 43.9 Å². The summed E-state index contributed by atoms with van der Waals surface area (Å²) < 4.78 is 27.6. The zero-order valence-corrected chi connectivity index (χ0v) is 22.7. The van der Waals surface area contributed by atoms with E-state index in [4.69, 9.17) is 20.6 Å². The van der Waals surface area contributed by atoms with E-state index in [0.29, 0.717) is 46.8 Å². The molecule has 3 heterocycles. The molecule has 2 fully saturated rings. The van der Waals surface area contributed by atoms with Gasteiger partial charge in [0.15, 0.2) is 5.69 Å². The van der Waals surface area contributed by atoms with Gasteiger partial charge in [0.25, 0.3) is 5.91 Å². The monoisotopic (exact) mass is 574 g/mol. The molecule has 2 aromatic carbocycles. The van der Waals surface area contributed by atoms with Crippen LogP contribution in [-0.2, 0) is 11.3 Å². The Morgan fingerprint density at radius 2 is 1.93 bits per heavy atom. The number of hydrogen-bond acceptors (Lipinski definition) is 7. The summed E-state index contributed by atoms with van der Waals surface area (Å²) >= 11 is 6.73. The highest BCUT2D eigenvalue weighted by Gasteiger charge is 2.51. The van der Waals surface area contributed by atoms with Gasteiger partial charge < -0.3 is 24.2 Å². The van der Waals surface area contributed by atoms with Crippen LogP contribution in [0.2, 0.25) is 5.02 Å². The fraction of sp³-hybridized carbons (Fsp3) is 0.276. The van der Waals surface area contributed by atoms with Gasteiger partial charge in [0.2, 0.25) is 17.6 Å². The van der Waals surface area contributed by atoms with Crippen LogP contribution >= 0.6 is 11.6 Å². The molecule has 5 aromatic rings. The molecular weight excluding hydrogens is 551 g/mol. The van der Waals surface area contributed by atoms with Crippen LogP contribution in [0.1, 0.15) is 59.3 Å². The summed E-state index contributed by atoms with van der Waals surface area (Å²) in [5.41, 5.74) is 1.13. The lowest BCUT2D eigenvalue weighted by molar-refractivity contribution is -0.124. The van der Waals surface area contributed by atoms with Crippen LogP contribution < -0.4 is 10.6 Å². The summed E-state index contributed by atoms with van der Waals surface area (Å²) in [4.78, 5) is 30.0.